The lowest BCUT2D eigenvalue weighted by Gasteiger charge is -2.29. The van der Waals surface area contributed by atoms with Gasteiger partial charge in [0.15, 0.2) is 0 Å². The van der Waals surface area contributed by atoms with Gasteiger partial charge in [0.2, 0.25) is 10.0 Å². The Labute approximate surface area is 189 Å². The van der Waals surface area contributed by atoms with Crippen molar-refractivity contribution in [2.45, 2.75) is 38.1 Å². The summed E-state index contributed by atoms with van der Waals surface area (Å²) in [6.07, 6.45) is 2.45. The van der Waals surface area contributed by atoms with Crippen molar-refractivity contribution in [1.82, 2.24) is 0 Å². The summed E-state index contributed by atoms with van der Waals surface area (Å²) in [6, 6.07) is 15.5. The fourth-order valence-corrected chi connectivity index (χ4v) is 5.40. The second kappa shape index (κ2) is 10.3. The number of fused-ring (bicyclic) bond motifs is 1. The minimum atomic E-state index is -3.43. The molecule has 0 radical (unpaired) electrons. The number of sulfonamides is 1. The van der Waals surface area contributed by atoms with Gasteiger partial charge in [-0.3, -0.25) is 4.72 Å². The average Bonchev–Trinajstić information content (AvgIpc) is 3.09. The van der Waals surface area contributed by atoms with Crippen LogP contribution in [0.4, 0.5) is 11.4 Å². The number of hydrogen-bond donors (Lipinski definition) is 1. The van der Waals surface area contributed by atoms with Gasteiger partial charge in [0.05, 0.1) is 30.9 Å². The quantitative estimate of drug-likeness (QED) is 0.501. The Balaban J connectivity index is 1.91. The normalized spacial score (nSPS) is 17.8. The van der Waals surface area contributed by atoms with Gasteiger partial charge in [-0.15, -0.1) is 11.6 Å². The zero-order valence-corrected chi connectivity index (χ0v) is 19.4. The molecule has 0 amide bonds. The number of rotatable bonds is 10. The first-order valence-corrected chi connectivity index (χ1v) is 12.6. The van der Waals surface area contributed by atoms with Gasteiger partial charge in [-0.05, 0) is 42.2 Å². The number of methoxy groups -OCH3 is 1. The Morgan fingerprint density at radius 1 is 1.19 bits per heavy atom. The Morgan fingerprint density at radius 2 is 1.94 bits per heavy atom. The first kappa shape index (κ1) is 23.2. The molecule has 2 aromatic rings. The molecule has 2 unspecified atom stereocenters. The molecular weight excluding hydrogens is 434 g/mol. The Morgan fingerprint density at radius 3 is 2.55 bits per heavy atom. The standard InChI is InChI=1S/C23H28ClN3O3S/c1-3-4-13-27-22-15-19(30-2)10-11-20(22)21(16-25)23(27)17-6-8-18(9-7-17)26-31(28,29)14-5-12-24/h6-11,15,21,23,26H,3-5,12-14H2,1-2H3. The number of hydrogen-bond acceptors (Lipinski definition) is 5. The number of nitrogens with one attached hydrogen (secondary N) is 1. The third kappa shape index (κ3) is 5.25. The molecule has 0 aliphatic carbocycles. The van der Waals surface area contributed by atoms with E-state index in [4.69, 9.17) is 16.3 Å². The molecule has 0 saturated carbocycles. The van der Waals surface area contributed by atoms with E-state index in [0.29, 0.717) is 18.0 Å². The van der Waals surface area contributed by atoms with Gasteiger partial charge in [-0.25, -0.2) is 8.42 Å². The largest absolute Gasteiger partial charge is 0.497 e. The number of nitriles is 1. The van der Waals surface area contributed by atoms with E-state index >= 15 is 0 Å². The number of unbranched alkanes of at least 4 members (excludes halogenated alkanes) is 1. The van der Waals surface area contributed by atoms with Crippen LogP contribution < -0.4 is 14.4 Å². The minimum absolute atomic E-state index is 0.0146. The zero-order valence-electron chi connectivity index (χ0n) is 17.8. The van der Waals surface area contributed by atoms with Crippen LogP contribution in [0.25, 0.3) is 0 Å². The first-order valence-electron chi connectivity index (χ1n) is 10.4. The number of anilines is 2. The van der Waals surface area contributed by atoms with Crippen LogP contribution in [-0.2, 0) is 10.0 Å². The molecule has 2 aromatic carbocycles. The molecule has 0 fully saturated rings. The van der Waals surface area contributed by atoms with Crippen molar-refractivity contribution in [2.24, 2.45) is 0 Å². The first-order chi connectivity index (χ1) is 14.9. The maximum absolute atomic E-state index is 12.1. The number of benzene rings is 2. The molecule has 8 heteroatoms. The van der Waals surface area contributed by atoms with Crippen LogP contribution in [0.1, 0.15) is 49.3 Å². The summed E-state index contributed by atoms with van der Waals surface area (Å²) >= 11 is 5.61. The van der Waals surface area contributed by atoms with Crippen molar-refractivity contribution < 1.29 is 13.2 Å². The van der Waals surface area contributed by atoms with Crippen molar-refractivity contribution in [3.63, 3.8) is 0 Å². The summed E-state index contributed by atoms with van der Waals surface area (Å²) in [5, 5.41) is 9.99. The zero-order chi connectivity index (χ0) is 22.4. The number of ether oxygens (including phenoxy) is 1. The highest BCUT2D eigenvalue weighted by Gasteiger charge is 2.39. The van der Waals surface area contributed by atoms with Gasteiger partial charge in [0.1, 0.15) is 5.75 Å². The summed E-state index contributed by atoms with van der Waals surface area (Å²) in [4.78, 5) is 2.27. The third-order valence-corrected chi connectivity index (χ3v) is 7.14. The smallest absolute Gasteiger partial charge is 0.232 e. The van der Waals surface area contributed by atoms with Gasteiger partial charge in [-0.2, -0.15) is 5.26 Å². The van der Waals surface area contributed by atoms with Crippen molar-refractivity contribution in [3.8, 4) is 11.8 Å². The highest BCUT2D eigenvalue weighted by atomic mass is 35.5. The molecule has 1 heterocycles. The van der Waals surface area contributed by atoms with Crippen LogP contribution >= 0.6 is 11.6 Å². The van der Waals surface area contributed by atoms with Crippen molar-refractivity contribution in [1.29, 1.82) is 5.26 Å². The second-order valence-electron chi connectivity index (χ2n) is 7.61. The van der Waals surface area contributed by atoms with Gasteiger partial charge in [-0.1, -0.05) is 31.5 Å². The topological polar surface area (TPSA) is 82.4 Å². The summed E-state index contributed by atoms with van der Waals surface area (Å²) in [6.45, 7) is 2.97. The Bertz CT molecular complexity index is 1040. The maximum atomic E-state index is 12.1. The lowest BCUT2D eigenvalue weighted by molar-refractivity contribution is 0.415. The monoisotopic (exact) mass is 461 g/mol. The van der Waals surface area contributed by atoms with E-state index in [0.717, 1.165) is 42.0 Å². The lowest BCUT2D eigenvalue weighted by Crippen LogP contribution is -2.27. The van der Waals surface area contributed by atoms with E-state index in [1.165, 1.54) is 0 Å². The minimum Gasteiger partial charge on any atom is -0.497 e. The molecule has 1 N–H and O–H groups in total. The molecule has 0 bridgehead atoms. The van der Waals surface area contributed by atoms with Crippen molar-refractivity contribution in [3.05, 3.63) is 53.6 Å². The van der Waals surface area contributed by atoms with E-state index in [2.05, 4.69) is 22.6 Å². The lowest BCUT2D eigenvalue weighted by atomic mass is 9.91. The van der Waals surface area contributed by atoms with Crippen LogP contribution in [0.3, 0.4) is 0 Å². The summed E-state index contributed by atoms with van der Waals surface area (Å²) in [7, 11) is -1.79. The van der Waals surface area contributed by atoms with Crippen molar-refractivity contribution >= 4 is 33.0 Å². The molecule has 3 rings (SSSR count). The fourth-order valence-electron chi connectivity index (χ4n) is 3.99. The number of nitrogens with zero attached hydrogens (tertiary/aromatic N) is 2. The molecular formula is C23H28ClN3O3S. The van der Waals surface area contributed by atoms with Crippen LogP contribution in [0.2, 0.25) is 0 Å². The predicted molar refractivity (Wildman–Crippen MR) is 126 cm³/mol. The third-order valence-electron chi connectivity index (χ3n) is 5.50. The maximum Gasteiger partial charge on any atom is 0.232 e. The second-order valence-corrected chi connectivity index (χ2v) is 9.83. The van der Waals surface area contributed by atoms with Crippen LogP contribution in [0.5, 0.6) is 5.75 Å². The molecule has 2 atom stereocenters. The summed E-state index contributed by atoms with van der Waals surface area (Å²) in [5.41, 5.74) is 3.50. The molecule has 1 aliphatic heterocycles. The Hall–Kier alpha value is -2.43. The number of halogens is 1. The average molecular weight is 462 g/mol. The molecule has 166 valence electrons. The van der Waals surface area contributed by atoms with Gasteiger partial charge >= 0.3 is 0 Å². The molecule has 6 nitrogen and oxygen atoms in total. The van der Waals surface area contributed by atoms with E-state index in [1.54, 1.807) is 19.2 Å². The highest BCUT2D eigenvalue weighted by Crippen LogP contribution is 2.50. The van der Waals surface area contributed by atoms with Crippen molar-refractivity contribution in [2.75, 3.05) is 34.9 Å². The fraction of sp³-hybridized carbons (Fsp3) is 0.435. The predicted octanol–water partition coefficient (Wildman–Crippen LogP) is 5.03. The summed E-state index contributed by atoms with van der Waals surface area (Å²) < 4.78 is 32.3. The van der Waals surface area contributed by atoms with E-state index in [9.17, 15) is 13.7 Å². The van der Waals surface area contributed by atoms with Crippen LogP contribution in [0, 0.1) is 11.3 Å². The number of alkyl halides is 1. The summed E-state index contributed by atoms with van der Waals surface area (Å²) in [5.74, 6) is 0.735. The molecule has 0 saturated heterocycles. The van der Waals surface area contributed by atoms with Crippen LogP contribution in [-0.4, -0.2) is 33.7 Å². The van der Waals surface area contributed by atoms with E-state index < -0.39 is 10.0 Å². The van der Waals surface area contributed by atoms with Crippen LogP contribution in [0.15, 0.2) is 42.5 Å². The van der Waals surface area contributed by atoms with Gasteiger partial charge in [0, 0.05) is 29.9 Å². The SMILES string of the molecule is CCCCN1c2cc(OC)ccc2C(C#N)C1c1ccc(NS(=O)(=O)CCCCl)cc1. The Kier molecular flexibility index (Phi) is 7.69. The highest BCUT2D eigenvalue weighted by molar-refractivity contribution is 7.92. The van der Waals surface area contributed by atoms with Gasteiger partial charge < -0.3 is 9.64 Å². The van der Waals surface area contributed by atoms with E-state index in [-0.39, 0.29) is 17.7 Å². The van der Waals surface area contributed by atoms with Gasteiger partial charge in [0.25, 0.3) is 0 Å². The molecule has 0 spiro atoms. The van der Waals surface area contributed by atoms with E-state index in [1.807, 2.05) is 30.3 Å². The molecule has 1 aliphatic rings. The molecule has 0 aromatic heterocycles. The molecule has 31 heavy (non-hydrogen) atoms.